The van der Waals surface area contributed by atoms with E-state index >= 15 is 0 Å². The highest BCUT2D eigenvalue weighted by molar-refractivity contribution is 9.10. The van der Waals surface area contributed by atoms with Gasteiger partial charge in [0.1, 0.15) is 0 Å². The van der Waals surface area contributed by atoms with Gasteiger partial charge in [0.05, 0.1) is 0 Å². The van der Waals surface area contributed by atoms with Crippen molar-refractivity contribution in [3.8, 4) is 0 Å². The van der Waals surface area contributed by atoms with E-state index in [-0.39, 0.29) is 0 Å². The van der Waals surface area contributed by atoms with Gasteiger partial charge in [-0.15, -0.1) is 0 Å². The highest BCUT2D eigenvalue weighted by atomic mass is 79.9. The van der Waals surface area contributed by atoms with Crippen molar-refractivity contribution in [1.82, 2.24) is 0 Å². The molecule has 1 aromatic carbocycles. The van der Waals surface area contributed by atoms with Gasteiger partial charge in [0.2, 0.25) is 0 Å². The average Bonchev–Trinajstić information content (AvgIpc) is 2.30. The van der Waals surface area contributed by atoms with E-state index in [9.17, 15) is 0 Å². The lowest BCUT2D eigenvalue weighted by molar-refractivity contribution is 0.497. The first-order valence-electron chi connectivity index (χ1n) is 5.14. The normalized spacial score (nSPS) is 25.6. The molecule has 14 heavy (non-hydrogen) atoms. The zero-order chi connectivity index (χ0) is 10.1. The molecule has 74 valence electrons. The summed E-state index contributed by atoms with van der Waals surface area (Å²) in [7, 11) is 0. The molecule has 2 rings (SSSR count). The molecule has 0 aromatic heterocycles. The van der Waals surface area contributed by atoms with Crippen molar-refractivity contribution in [2.45, 2.75) is 26.2 Å². The summed E-state index contributed by atoms with van der Waals surface area (Å²) in [5.41, 5.74) is 2.85. The van der Waals surface area contributed by atoms with E-state index in [1.165, 1.54) is 22.0 Å². The van der Waals surface area contributed by atoms with Crippen LogP contribution in [0.4, 0.5) is 0 Å². The molecule has 0 saturated heterocycles. The van der Waals surface area contributed by atoms with Crippen LogP contribution in [0.25, 0.3) is 6.08 Å². The van der Waals surface area contributed by atoms with Gasteiger partial charge in [-0.2, -0.15) is 0 Å². The van der Waals surface area contributed by atoms with Gasteiger partial charge in [0.25, 0.3) is 0 Å². The standard InChI is InChI=1S/C13H15Br/c1-9-4-3-5-11-6-7-12(14)8-13(11)10(9)2/h3,5-10H,4H2,1-2H3. The van der Waals surface area contributed by atoms with Crippen molar-refractivity contribution in [2.75, 3.05) is 0 Å². The molecule has 2 unspecified atom stereocenters. The Hall–Kier alpha value is -0.560. The van der Waals surface area contributed by atoms with Gasteiger partial charge in [-0.3, -0.25) is 0 Å². The van der Waals surface area contributed by atoms with Gasteiger partial charge in [-0.1, -0.05) is 48.0 Å². The fourth-order valence-corrected chi connectivity index (χ4v) is 2.39. The summed E-state index contributed by atoms with van der Waals surface area (Å²) >= 11 is 3.54. The number of benzene rings is 1. The van der Waals surface area contributed by atoms with Crippen LogP contribution in [0.3, 0.4) is 0 Å². The van der Waals surface area contributed by atoms with Crippen LogP contribution in [0.1, 0.15) is 37.3 Å². The zero-order valence-corrected chi connectivity index (χ0v) is 10.2. The van der Waals surface area contributed by atoms with Crippen LogP contribution in [0.15, 0.2) is 28.7 Å². The van der Waals surface area contributed by atoms with Gasteiger partial charge in [-0.25, -0.2) is 0 Å². The lowest BCUT2D eigenvalue weighted by atomic mass is 9.87. The summed E-state index contributed by atoms with van der Waals surface area (Å²) in [5, 5.41) is 0. The highest BCUT2D eigenvalue weighted by Crippen LogP contribution is 2.34. The summed E-state index contributed by atoms with van der Waals surface area (Å²) in [6, 6.07) is 6.57. The molecule has 0 nitrogen and oxygen atoms in total. The monoisotopic (exact) mass is 250 g/mol. The Labute approximate surface area is 94.2 Å². The Bertz CT molecular complexity index is 365. The Morgan fingerprint density at radius 2 is 2.07 bits per heavy atom. The van der Waals surface area contributed by atoms with Crippen molar-refractivity contribution in [2.24, 2.45) is 5.92 Å². The quantitative estimate of drug-likeness (QED) is 0.631. The molecule has 0 saturated carbocycles. The summed E-state index contributed by atoms with van der Waals surface area (Å²) < 4.78 is 1.19. The predicted octanol–water partition coefficient (Wildman–Crippen LogP) is 4.61. The maximum Gasteiger partial charge on any atom is 0.0178 e. The average molecular weight is 251 g/mol. The van der Waals surface area contributed by atoms with Crippen LogP contribution >= 0.6 is 15.9 Å². The zero-order valence-electron chi connectivity index (χ0n) is 8.63. The molecule has 2 atom stereocenters. The molecule has 0 spiro atoms. The first-order valence-corrected chi connectivity index (χ1v) is 5.94. The molecule has 0 N–H and O–H groups in total. The van der Waals surface area contributed by atoms with E-state index in [2.05, 4.69) is 60.1 Å². The smallest absolute Gasteiger partial charge is 0.0178 e. The molecular formula is C13H15Br. The summed E-state index contributed by atoms with van der Waals surface area (Å²) in [6.45, 7) is 4.65. The summed E-state index contributed by atoms with van der Waals surface area (Å²) in [5.74, 6) is 1.39. The molecule has 0 fully saturated rings. The number of halogens is 1. The van der Waals surface area contributed by atoms with Crippen LogP contribution < -0.4 is 0 Å². The van der Waals surface area contributed by atoms with E-state index in [0.29, 0.717) is 5.92 Å². The number of fused-ring (bicyclic) bond motifs is 1. The second kappa shape index (κ2) is 3.90. The minimum atomic E-state index is 0.650. The first-order chi connectivity index (χ1) is 6.68. The van der Waals surface area contributed by atoms with E-state index in [1.807, 2.05) is 0 Å². The molecule has 0 radical (unpaired) electrons. The number of allylic oxidation sites excluding steroid dienone is 1. The Kier molecular flexibility index (Phi) is 2.78. The van der Waals surface area contributed by atoms with Gasteiger partial charge in [-0.05, 0) is 41.5 Å². The maximum atomic E-state index is 3.54. The third-order valence-electron chi connectivity index (χ3n) is 3.20. The van der Waals surface area contributed by atoms with Crippen molar-refractivity contribution < 1.29 is 0 Å². The molecule has 1 aliphatic carbocycles. The minimum absolute atomic E-state index is 0.650. The van der Waals surface area contributed by atoms with Crippen molar-refractivity contribution in [1.29, 1.82) is 0 Å². The van der Waals surface area contributed by atoms with E-state index < -0.39 is 0 Å². The predicted molar refractivity (Wildman–Crippen MR) is 65.4 cm³/mol. The Balaban J connectivity index is 2.52. The maximum absolute atomic E-state index is 3.54. The molecular weight excluding hydrogens is 236 g/mol. The first kappa shape index (κ1) is 9.97. The van der Waals surface area contributed by atoms with Crippen molar-refractivity contribution >= 4 is 22.0 Å². The van der Waals surface area contributed by atoms with E-state index in [0.717, 1.165) is 5.92 Å². The molecule has 0 amide bonds. The minimum Gasteiger partial charge on any atom is -0.0836 e. The third kappa shape index (κ3) is 1.78. The molecule has 1 aromatic rings. The fourth-order valence-electron chi connectivity index (χ4n) is 2.01. The number of hydrogen-bond acceptors (Lipinski definition) is 0. The molecule has 0 heterocycles. The lowest BCUT2D eigenvalue weighted by Gasteiger charge is -2.18. The molecule has 1 aliphatic rings. The number of hydrogen-bond donors (Lipinski definition) is 0. The van der Waals surface area contributed by atoms with Gasteiger partial charge >= 0.3 is 0 Å². The van der Waals surface area contributed by atoms with Crippen molar-refractivity contribution in [3.05, 3.63) is 39.9 Å². The molecule has 1 heteroatoms. The van der Waals surface area contributed by atoms with Crippen LogP contribution in [0.5, 0.6) is 0 Å². The van der Waals surface area contributed by atoms with Gasteiger partial charge < -0.3 is 0 Å². The SMILES string of the molecule is CC1CC=Cc2ccc(Br)cc2C1C. The Morgan fingerprint density at radius 1 is 1.29 bits per heavy atom. The van der Waals surface area contributed by atoms with E-state index in [4.69, 9.17) is 0 Å². The van der Waals surface area contributed by atoms with Gasteiger partial charge in [0, 0.05) is 4.47 Å². The summed E-state index contributed by atoms with van der Waals surface area (Å²) in [6.07, 6.45) is 5.73. The second-order valence-corrected chi connectivity index (χ2v) is 5.09. The summed E-state index contributed by atoms with van der Waals surface area (Å²) in [4.78, 5) is 0. The van der Waals surface area contributed by atoms with Crippen LogP contribution in [0, 0.1) is 5.92 Å². The second-order valence-electron chi connectivity index (χ2n) is 4.18. The molecule has 0 aliphatic heterocycles. The van der Waals surface area contributed by atoms with Crippen LogP contribution in [-0.4, -0.2) is 0 Å². The highest BCUT2D eigenvalue weighted by Gasteiger charge is 2.18. The number of rotatable bonds is 0. The molecule has 0 bridgehead atoms. The topological polar surface area (TPSA) is 0 Å². The fraction of sp³-hybridized carbons (Fsp3) is 0.385. The third-order valence-corrected chi connectivity index (χ3v) is 3.69. The van der Waals surface area contributed by atoms with Gasteiger partial charge in [0.15, 0.2) is 0 Å². The van der Waals surface area contributed by atoms with E-state index in [1.54, 1.807) is 0 Å². The van der Waals surface area contributed by atoms with Crippen molar-refractivity contribution in [3.63, 3.8) is 0 Å². The van der Waals surface area contributed by atoms with Crippen LogP contribution in [-0.2, 0) is 0 Å². The largest absolute Gasteiger partial charge is 0.0836 e. The lowest BCUT2D eigenvalue weighted by Crippen LogP contribution is -2.05. The Morgan fingerprint density at radius 3 is 2.86 bits per heavy atom. The van der Waals surface area contributed by atoms with Crippen LogP contribution in [0.2, 0.25) is 0 Å².